The number of nitrogens with one attached hydrogen (secondary N) is 1. The van der Waals surface area contributed by atoms with Gasteiger partial charge in [-0.3, -0.25) is 15.1 Å². The van der Waals surface area contributed by atoms with Gasteiger partial charge in [-0.15, -0.1) is 0 Å². The fraction of sp³-hybridized carbons (Fsp3) is 0.286. The van der Waals surface area contributed by atoms with E-state index in [0.717, 1.165) is 18.5 Å². The maximum atomic E-state index is 11.0. The van der Waals surface area contributed by atoms with Gasteiger partial charge in [-0.05, 0) is 24.1 Å². The Labute approximate surface area is 117 Å². The van der Waals surface area contributed by atoms with Crippen molar-refractivity contribution < 1.29 is 4.92 Å². The first kappa shape index (κ1) is 13.9. The molecule has 2 heterocycles. The second-order valence-corrected chi connectivity index (χ2v) is 4.42. The lowest BCUT2D eigenvalue weighted by molar-refractivity contribution is -0.384. The van der Waals surface area contributed by atoms with E-state index in [1.165, 1.54) is 12.1 Å². The quantitative estimate of drug-likeness (QED) is 0.646. The second kappa shape index (κ2) is 6.60. The molecule has 0 spiro atoms. The lowest BCUT2D eigenvalue weighted by Crippen LogP contribution is -2.05. The van der Waals surface area contributed by atoms with Gasteiger partial charge in [0.15, 0.2) is 0 Å². The third-order valence-corrected chi connectivity index (χ3v) is 2.76. The molecule has 0 amide bonds. The Morgan fingerprint density at radius 3 is 2.70 bits per heavy atom. The van der Waals surface area contributed by atoms with Gasteiger partial charge in [0.25, 0.3) is 5.69 Å². The number of nitro groups is 1. The van der Waals surface area contributed by atoms with Crippen molar-refractivity contribution in [2.75, 3.05) is 11.9 Å². The largest absolute Gasteiger partial charge is 0.370 e. The number of pyridine rings is 2. The van der Waals surface area contributed by atoms with Crippen molar-refractivity contribution in [1.82, 2.24) is 9.97 Å². The fourth-order valence-corrected chi connectivity index (χ4v) is 1.82. The van der Waals surface area contributed by atoms with Crippen LogP contribution in [-0.4, -0.2) is 21.4 Å². The van der Waals surface area contributed by atoms with Crippen LogP contribution in [0.15, 0.2) is 36.7 Å². The molecule has 2 rings (SSSR count). The van der Waals surface area contributed by atoms with Crippen molar-refractivity contribution in [3.63, 3.8) is 0 Å². The van der Waals surface area contributed by atoms with Gasteiger partial charge in [0.05, 0.1) is 16.7 Å². The van der Waals surface area contributed by atoms with Crippen LogP contribution in [-0.2, 0) is 6.42 Å². The molecule has 0 radical (unpaired) electrons. The summed E-state index contributed by atoms with van der Waals surface area (Å²) in [5.74, 6) is 0.546. The van der Waals surface area contributed by atoms with Gasteiger partial charge in [-0.1, -0.05) is 6.92 Å². The Balaban J connectivity index is 2.26. The van der Waals surface area contributed by atoms with Crippen molar-refractivity contribution in [2.24, 2.45) is 0 Å². The number of hydrogen-bond acceptors (Lipinski definition) is 5. The minimum Gasteiger partial charge on any atom is -0.370 e. The summed E-state index contributed by atoms with van der Waals surface area (Å²) in [7, 11) is 0. The van der Waals surface area contributed by atoms with E-state index >= 15 is 0 Å². The maximum Gasteiger partial charge on any atom is 0.274 e. The van der Waals surface area contributed by atoms with Crippen molar-refractivity contribution in [3.05, 3.63) is 58.0 Å². The Kier molecular flexibility index (Phi) is 4.60. The molecule has 6 nitrogen and oxygen atoms in total. The van der Waals surface area contributed by atoms with Crippen LogP contribution in [0.4, 0.5) is 11.5 Å². The highest BCUT2D eigenvalue weighted by Crippen LogP contribution is 2.19. The SMILES string of the molecule is CCCNc1cc([N+](=O)[O-])cc(Cc2ccncc2)n1. The predicted molar refractivity (Wildman–Crippen MR) is 76.7 cm³/mol. The molecule has 6 heteroatoms. The molecule has 0 fully saturated rings. The van der Waals surface area contributed by atoms with Gasteiger partial charge in [0.1, 0.15) is 5.82 Å². The third kappa shape index (κ3) is 3.74. The lowest BCUT2D eigenvalue weighted by atomic mass is 10.1. The van der Waals surface area contributed by atoms with E-state index in [0.29, 0.717) is 17.9 Å². The van der Waals surface area contributed by atoms with Crippen LogP contribution in [0.25, 0.3) is 0 Å². The van der Waals surface area contributed by atoms with Gasteiger partial charge >= 0.3 is 0 Å². The van der Waals surface area contributed by atoms with Gasteiger partial charge < -0.3 is 5.32 Å². The summed E-state index contributed by atoms with van der Waals surface area (Å²) in [6.07, 6.45) is 4.88. The Bertz CT molecular complexity index is 587. The van der Waals surface area contributed by atoms with E-state index in [4.69, 9.17) is 0 Å². The first-order chi connectivity index (χ1) is 9.69. The van der Waals surface area contributed by atoms with Crippen LogP contribution in [0.2, 0.25) is 0 Å². The van der Waals surface area contributed by atoms with Crippen LogP contribution in [0, 0.1) is 10.1 Å². The number of rotatable bonds is 6. The standard InChI is InChI=1S/C14H16N4O2/c1-2-5-16-14-10-13(18(19)20)9-12(17-14)8-11-3-6-15-7-4-11/h3-4,6-7,9-10H,2,5,8H2,1H3,(H,16,17). The summed E-state index contributed by atoms with van der Waals surface area (Å²) in [4.78, 5) is 18.9. The van der Waals surface area contributed by atoms with Crippen LogP contribution in [0.5, 0.6) is 0 Å². The Morgan fingerprint density at radius 1 is 1.30 bits per heavy atom. The van der Waals surface area contributed by atoms with E-state index in [-0.39, 0.29) is 5.69 Å². The van der Waals surface area contributed by atoms with E-state index in [1.54, 1.807) is 12.4 Å². The predicted octanol–water partition coefficient (Wildman–Crippen LogP) is 2.80. The van der Waals surface area contributed by atoms with Crippen LogP contribution in [0.3, 0.4) is 0 Å². The minimum absolute atomic E-state index is 0.0580. The molecule has 0 aliphatic carbocycles. The summed E-state index contributed by atoms with van der Waals surface area (Å²) in [5, 5.41) is 14.1. The molecule has 20 heavy (non-hydrogen) atoms. The second-order valence-electron chi connectivity index (χ2n) is 4.42. The molecule has 0 aliphatic rings. The molecular weight excluding hydrogens is 256 g/mol. The van der Waals surface area contributed by atoms with Gasteiger partial charge in [0, 0.05) is 31.4 Å². The van der Waals surface area contributed by atoms with Crippen molar-refractivity contribution >= 4 is 11.5 Å². The normalized spacial score (nSPS) is 10.2. The fourth-order valence-electron chi connectivity index (χ4n) is 1.82. The molecular formula is C14H16N4O2. The molecule has 0 saturated carbocycles. The van der Waals surface area contributed by atoms with Crippen molar-refractivity contribution in [2.45, 2.75) is 19.8 Å². The highest BCUT2D eigenvalue weighted by Gasteiger charge is 2.11. The van der Waals surface area contributed by atoms with Crippen LogP contribution >= 0.6 is 0 Å². The molecule has 0 aromatic carbocycles. The summed E-state index contributed by atoms with van der Waals surface area (Å²) < 4.78 is 0. The number of aromatic nitrogens is 2. The smallest absolute Gasteiger partial charge is 0.274 e. The summed E-state index contributed by atoms with van der Waals surface area (Å²) >= 11 is 0. The molecule has 2 aromatic rings. The molecule has 0 bridgehead atoms. The van der Waals surface area contributed by atoms with Gasteiger partial charge in [-0.25, -0.2) is 4.98 Å². The van der Waals surface area contributed by atoms with E-state index < -0.39 is 4.92 Å². The highest BCUT2D eigenvalue weighted by molar-refractivity contribution is 5.47. The highest BCUT2D eigenvalue weighted by atomic mass is 16.6. The third-order valence-electron chi connectivity index (χ3n) is 2.76. The minimum atomic E-state index is -0.394. The molecule has 2 aromatic heterocycles. The maximum absolute atomic E-state index is 11.0. The van der Waals surface area contributed by atoms with Gasteiger partial charge in [-0.2, -0.15) is 0 Å². The molecule has 0 saturated heterocycles. The molecule has 0 aliphatic heterocycles. The summed E-state index contributed by atoms with van der Waals surface area (Å²) in [6, 6.07) is 6.72. The van der Waals surface area contributed by atoms with E-state index in [2.05, 4.69) is 15.3 Å². The zero-order valence-electron chi connectivity index (χ0n) is 11.2. The summed E-state index contributed by atoms with van der Waals surface area (Å²) in [6.45, 7) is 2.77. The number of anilines is 1. The Morgan fingerprint density at radius 2 is 2.05 bits per heavy atom. The van der Waals surface area contributed by atoms with Crippen molar-refractivity contribution in [3.8, 4) is 0 Å². The number of hydrogen-bond donors (Lipinski definition) is 1. The van der Waals surface area contributed by atoms with Gasteiger partial charge in [0.2, 0.25) is 0 Å². The zero-order valence-corrected chi connectivity index (χ0v) is 11.2. The molecule has 0 atom stereocenters. The molecule has 0 unspecified atom stereocenters. The first-order valence-electron chi connectivity index (χ1n) is 6.47. The monoisotopic (exact) mass is 272 g/mol. The first-order valence-corrected chi connectivity index (χ1v) is 6.47. The van der Waals surface area contributed by atoms with Crippen LogP contribution in [0.1, 0.15) is 24.6 Å². The average Bonchev–Trinajstić information content (AvgIpc) is 2.46. The molecule has 1 N–H and O–H groups in total. The van der Waals surface area contributed by atoms with Crippen molar-refractivity contribution in [1.29, 1.82) is 0 Å². The topological polar surface area (TPSA) is 81.0 Å². The molecule has 104 valence electrons. The Hall–Kier alpha value is -2.50. The van der Waals surface area contributed by atoms with E-state index in [9.17, 15) is 10.1 Å². The summed E-state index contributed by atoms with van der Waals surface area (Å²) in [5.41, 5.74) is 1.75. The number of nitrogens with zero attached hydrogens (tertiary/aromatic N) is 3. The average molecular weight is 272 g/mol. The lowest BCUT2D eigenvalue weighted by Gasteiger charge is -2.07. The zero-order chi connectivity index (χ0) is 14.4. The van der Waals surface area contributed by atoms with Crippen LogP contribution < -0.4 is 5.32 Å². The van der Waals surface area contributed by atoms with E-state index in [1.807, 2.05) is 19.1 Å².